The highest BCUT2D eigenvalue weighted by Crippen LogP contribution is 2.36. The maximum absolute atomic E-state index is 10.1. The molecule has 9 heteroatoms. The molecular formula is C21H32N4O5. The number of nitrogens with one attached hydrogen (secondary N) is 1. The monoisotopic (exact) mass is 420 g/mol. The molecule has 166 valence electrons. The Morgan fingerprint density at radius 2 is 1.73 bits per heavy atom. The molecule has 0 fully saturated rings. The number of hydrogen-bond acceptors (Lipinski definition) is 9. The third-order valence-corrected chi connectivity index (χ3v) is 4.06. The maximum Gasteiger partial charge on any atom is 0.143 e. The van der Waals surface area contributed by atoms with Gasteiger partial charge in [0.25, 0.3) is 0 Å². The summed E-state index contributed by atoms with van der Waals surface area (Å²) in [5.41, 5.74) is 1.75. The van der Waals surface area contributed by atoms with E-state index in [9.17, 15) is 10.2 Å². The van der Waals surface area contributed by atoms with Crippen LogP contribution in [0.15, 0.2) is 46.9 Å². The summed E-state index contributed by atoms with van der Waals surface area (Å²) >= 11 is 0. The van der Waals surface area contributed by atoms with Crippen molar-refractivity contribution in [2.75, 3.05) is 57.9 Å². The third kappa shape index (κ3) is 9.19. The number of aromatic hydroxyl groups is 2. The van der Waals surface area contributed by atoms with Crippen LogP contribution in [0.2, 0.25) is 0 Å². The van der Waals surface area contributed by atoms with Gasteiger partial charge in [-0.25, -0.2) is 4.99 Å². The molecule has 0 amide bonds. The largest absolute Gasteiger partial charge is 0.506 e. The third-order valence-electron chi connectivity index (χ3n) is 4.06. The zero-order valence-corrected chi connectivity index (χ0v) is 17.3. The Kier molecular flexibility index (Phi) is 12.1. The molecule has 0 aromatic heterocycles. The first-order chi connectivity index (χ1) is 14.4. The predicted molar refractivity (Wildman–Crippen MR) is 120 cm³/mol. The highest BCUT2D eigenvalue weighted by atomic mass is 16.3. The minimum Gasteiger partial charge on any atom is -0.506 e. The fraction of sp³-hybridized carbons (Fsp3) is 0.429. The van der Waals surface area contributed by atoms with E-state index in [-0.39, 0.29) is 43.6 Å². The summed E-state index contributed by atoms with van der Waals surface area (Å²) in [6.07, 6.45) is 5.06. The molecule has 0 aliphatic carbocycles. The van der Waals surface area contributed by atoms with Crippen molar-refractivity contribution in [1.29, 1.82) is 0 Å². The Morgan fingerprint density at radius 3 is 2.33 bits per heavy atom. The van der Waals surface area contributed by atoms with Crippen molar-refractivity contribution in [2.24, 2.45) is 9.98 Å². The molecule has 9 nitrogen and oxygen atoms in total. The van der Waals surface area contributed by atoms with Crippen molar-refractivity contribution in [3.63, 3.8) is 0 Å². The van der Waals surface area contributed by atoms with E-state index in [1.165, 1.54) is 12.1 Å². The van der Waals surface area contributed by atoms with Gasteiger partial charge in [-0.2, -0.15) is 0 Å². The van der Waals surface area contributed by atoms with Gasteiger partial charge in [0.05, 0.1) is 37.8 Å². The number of rotatable bonds is 14. The summed E-state index contributed by atoms with van der Waals surface area (Å²) in [7, 11) is 0. The topological polar surface area (TPSA) is 141 Å². The number of benzene rings is 1. The molecule has 0 saturated carbocycles. The molecule has 0 heterocycles. The summed E-state index contributed by atoms with van der Waals surface area (Å²) in [6, 6.07) is 2.69. The average molecular weight is 421 g/mol. The SMILES string of the molecule is C=CC(C=CC(C)=Nc1cc(O)c(NCCO)cc1O)=NCCN(CCO)CCO. The zero-order chi connectivity index (χ0) is 22.4. The Hall–Kier alpha value is -2.72. The first-order valence-electron chi connectivity index (χ1n) is 9.70. The quantitative estimate of drug-likeness (QED) is 0.150. The van der Waals surface area contributed by atoms with Crippen molar-refractivity contribution < 1.29 is 25.5 Å². The molecule has 0 aliphatic rings. The van der Waals surface area contributed by atoms with Crippen LogP contribution >= 0.6 is 0 Å². The van der Waals surface area contributed by atoms with Crippen molar-refractivity contribution in [2.45, 2.75) is 6.92 Å². The van der Waals surface area contributed by atoms with Crippen molar-refractivity contribution in [1.82, 2.24) is 4.90 Å². The molecular weight excluding hydrogens is 388 g/mol. The predicted octanol–water partition coefficient (Wildman–Crippen LogP) is 1.06. The lowest BCUT2D eigenvalue weighted by atomic mass is 10.2. The second kappa shape index (κ2) is 14.3. The van der Waals surface area contributed by atoms with E-state index in [0.29, 0.717) is 43.3 Å². The van der Waals surface area contributed by atoms with Crippen LogP contribution in [0.1, 0.15) is 6.92 Å². The molecule has 1 rings (SSSR count). The highest BCUT2D eigenvalue weighted by molar-refractivity contribution is 6.08. The van der Waals surface area contributed by atoms with E-state index in [0.717, 1.165) is 0 Å². The van der Waals surface area contributed by atoms with Crippen LogP contribution in [0, 0.1) is 0 Å². The first kappa shape index (κ1) is 25.3. The number of hydrogen-bond donors (Lipinski definition) is 6. The van der Waals surface area contributed by atoms with Crippen LogP contribution in [0.3, 0.4) is 0 Å². The second-order valence-corrected chi connectivity index (χ2v) is 6.39. The summed E-state index contributed by atoms with van der Waals surface area (Å²) in [5.74, 6) is -0.188. The fourth-order valence-electron chi connectivity index (χ4n) is 2.54. The fourth-order valence-corrected chi connectivity index (χ4v) is 2.54. The Morgan fingerprint density at radius 1 is 1.03 bits per heavy atom. The molecule has 30 heavy (non-hydrogen) atoms. The normalized spacial score (nSPS) is 12.7. The molecule has 1 aromatic carbocycles. The minimum absolute atomic E-state index is 0.0223. The lowest BCUT2D eigenvalue weighted by Gasteiger charge is -2.18. The average Bonchev–Trinajstić information content (AvgIpc) is 2.72. The molecule has 6 N–H and O–H groups in total. The van der Waals surface area contributed by atoms with Crippen LogP contribution in [-0.2, 0) is 0 Å². The Balaban J connectivity index is 2.80. The zero-order valence-electron chi connectivity index (χ0n) is 17.3. The standard InChI is InChI=1S/C21H32N4O5/c1-3-17(22-6-8-25(9-12-27)10-13-28)5-4-16(2)24-19-15-20(29)18(14-21(19)30)23-7-11-26/h3-5,14-15,23,26-30H,1,6-13H2,2H3. The van der Waals surface area contributed by atoms with Gasteiger partial charge in [0.15, 0.2) is 0 Å². The van der Waals surface area contributed by atoms with Gasteiger partial charge in [0, 0.05) is 44.0 Å². The van der Waals surface area contributed by atoms with Crippen LogP contribution < -0.4 is 5.32 Å². The van der Waals surface area contributed by atoms with Crippen LogP contribution in [-0.4, -0.2) is 94.4 Å². The number of aliphatic imine (C=N–C) groups is 2. The van der Waals surface area contributed by atoms with Gasteiger partial charge >= 0.3 is 0 Å². The second-order valence-electron chi connectivity index (χ2n) is 6.39. The molecule has 0 aliphatic heterocycles. The van der Waals surface area contributed by atoms with Gasteiger partial charge in [0.2, 0.25) is 0 Å². The molecule has 0 atom stereocenters. The summed E-state index contributed by atoms with van der Waals surface area (Å²) in [4.78, 5) is 10.6. The van der Waals surface area contributed by atoms with Gasteiger partial charge in [0.1, 0.15) is 17.2 Å². The van der Waals surface area contributed by atoms with Crippen LogP contribution in [0.5, 0.6) is 11.5 Å². The van der Waals surface area contributed by atoms with Gasteiger partial charge in [-0.05, 0) is 25.2 Å². The number of anilines is 1. The van der Waals surface area contributed by atoms with Gasteiger partial charge in [-0.15, -0.1) is 0 Å². The summed E-state index contributed by atoms with van der Waals surface area (Å²) < 4.78 is 0. The number of aliphatic hydroxyl groups is 3. The molecule has 0 radical (unpaired) electrons. The van der Waals surface area contributed by atoms with Crippen LogP contribution in [0.4, 0.5) is 11.4 Å². The minimum atomic E-state index is -0.105. The van der Waals surface area contributed by atoms with E-state index in [1.54, 1.807) is 25.2 Å². The lowest BCUT2D eigenvalue weighted by molar-refractivity contribution is 0.164. The number of aliphatic hydroxyl groups excluding tert-OH is 3. The lowest BCUT2D eigenvalue weighted by Crippen LogP contribution is -2.32. The van der Waals surface area contributed by atoms with Crippen molar-refractivity contribution in [3.8, 4) is 11.5 Å². The van der Waals surface area contributed by atoms with E-state index in [2.05, 4.69) is 21.9 Å². The molecule has 0 unspecified atom stereocenters. The van der Waals surface area contributed by atoms with Gasteiger partial charge in [-0.1, -0.05) is 6.58 Å². The number of nitrogens with zero attached hydrogens (tertiary/aromatic N) is 3. The van der Waals surface area contributed by atoms with E-state index < -0.39 is 0 Å². The van der Waals surface area contributed by atoms with E-state index >= 15 is 0 Å². The number of allylic oxidation sites excluding steroid dienone is 3. The Bertz CT molecular complexity index is 756. The summed E-state index contributed by atoms with van der Waals surface area (Å²) in [6.45, 7) is 7.72. The van der Waals surface area contributed by atoms with Gasteiger partial charge < -0.3 is 30.8 Å². The highest BCUT2D eigenvalue weighted by Gasteiger charge is 2.08. The van der Waals surface area contributed by atoms with Crippen LogP contribution in [0.25, 0.3) is 0 Å². The number of phenols is 2. The molecule has 0 spiro atoms. The van der Waals surface area contributed by atoms with Gasteiger partial charge in [-0.3, -0.25) is 9.89 Å². The smallest absolute Gasteiger partial charge is 0.143 e. The van der Waals surface area contributed by atoms with E-state index in [1.807, 2.05) is 4.90 Å². The first-order valence-corrected chi connectivity index (χ1v) is 9.70. The van der Waals surface area contributed by atoms with Crippen molar-refractivity contribution >= 4 is 22.8 Å². The van der Waals surface area contributed by atoms with Crippen molar-refractivity contribution in [3.05, 3.63) is 36.9 Å². The molecule has 0 saturated heterocycles. The molecule has 0 bridgehead atoms. The maximum atomic E-state index is 10.1. The molecule has 1 aromatic rings. The van der Waals surface area contributed by atoms with E-state index in [4.69, 9.17) is 15.3 Å². The summed E-state index contributed by atoms with van der Waals surface area (Å²) in [5, 5.41) is 49.8. The number of phenolic OH excluding ortho intramolecular Hbond substituents is 2. The Labute approximate surface area is 177 Å².